The fourth-order valence-corrected chi connectivity index (χ4v) is 5.34. The van der Waals surface area contributed by atoms with Gasteiger partial charge >= 0.3 is 5.97 Å². The number of rotatable bonds is 19. The molecule has 3 aromatic carbocycles. The van der Waals surface area contributed by atoms with Crippen LogP contribution in [-0.2, 0) is 4.74 Å². The molecule has 1 unspecified atom stereocenters. The summed E-state index contributed by atoms with van der Waals surface area (Å²) >= 11 is 4.78. The van der Waals surface area contributed by atoms with Gasteiger partial charge in [-0.1, -0.05) is 83.8 Å². The third kappa shape index (κ3) is 10.7. The summed E-state index contributed by atoms with van der Waals surface area (Å²) < 4.78 is 42.2. The van der Waals surface area contributed by atoms with Gasteiger partial charge in [0.2, 0.25) is 0 Å². The van der Waals surface area contributed by atoms with Crippen molar-refractivity contribution in [2.45, 2.75) is 104 Å². The number of aliphatic hydroxyl groups is 1. The van der Waals surface area contributed by atoms with Gasteiger partial charge in [-0.05, 0) is 97.6 Å². The summed E-state index contributed by atoms with van der Waals surface area (Å²) in [5.41, 5.74) is 1.84. The summed E-state index contributed by atoms with van der Waals surface area (Å²) in [5.74, 6) is -1.41. The Kier molecular flexibility index (Phi) is 14.8. The fraction of sp³-hybridized carbons (Fsp3) is 0.459. The Balaban J connectivity index is 1.83. The van der Waals surface area contributed by atoms with Gasteiger partial charge < -0.3 is 14.6 Å². The molecule has 0 saturated heterocycles. The van der Waals surface area contributed by atoms with Crippen molar-refractivity contribution < 1.29 is 28.2 Å². The highest BCUT2D eigenvalue weighted by atomic mass is 32.1. The molecule has 7 heteroatoms. The summed E-state index contributed by atoms with van der Waals surface area (Å²) in [6.45, 7) is 6.71. The number of halogens is 2. The van der Waals surface area contributed by atoms with E-state index in [1.165, 1.54) is 56.4 Å². The lowest BCUT2D eigenvalue weighted by molar-refractivity contribution is 0.0314. The lowest BCUT2D eigenvalue weighted by atomic mass is 9.92. The number of thiocarbonyl (C=S) groups is 1. The Hall–Kier alpha value is -3.32. The van der Waals surface area contributed by atoms with Crippen LogP contribution in [-0.4, -0.2) is 28.8 Å². The van der Waals surface area contributed by atoms with Crippen LogP contribution < -0.4 is 4.74 Å². The quantitative estimate of drug-likeness (QED) is 0.0817. The molecule has 1 N–H and O–H groups in total. The van der Waals surface area contributed by atoms with E-state index in [0.29, 0.717) is 29.0 Å². The van der Waals surface area contributed by atoms with Crippen molar-refractivity contribution in [3.63, 3.8) is 0 Å². The number of ether oxygens (including phenoxy) is 2. The molecule has 0 heterocycles. The van der Waals surface area contributed by atoms with Crippen molar-refractivity contribution in [3.8, 4) is 28.0 Å². The molecule has 0 fully saturated rings. The minimum absolute atomic E-state index is 0.144. The summed E-state index contributed by atoms with van der Waals surface area (Å²) in [5, 5.41) is 9.24. The lowest BCUT2D eigenvalue weighted by Gasteiger charge is -2.16. The fourth-order valence-electron chi connectivity index (χ4n) is 5.21. The van der Waals surface area contributed by atoms with Crippen LogP contribution in [0.2, 0.25) is 0 Å². The molecule has 0 aliphatic rings. The Morgan fingerprint density at radius 1 is 0.773 bits per heavy atom. The first-order chi connectivity index (χ1) is 21.2. The van der Waals surface area contributed by atoms with Crippen molar-refractivity contribution in [1.82, 2.24) is 0 Å². The minimum Gasteiger partial charge on any atom is -0.499 e. The van der Waals surface area contributed by atoms with Gasteiger partial charge in [-0.15, -0.1) is 0 Å². The molecule has 0 bridgehead atoms. The first kappa shape index (κ1) is 35.2. The second-order valence-electron chi connectivity index (χ2n) is 11.4. The normalized spacial score (nSPS) is 11.8. The highest BCUT2D eigenvalue weighted by Gasteiger charge is 2.20. The molecule has 0 amide bonds. The molecule has 44 heavy (non-hydrogen) atoms. The van der Waals surface area contributed by atoms with Crippen LogP contribution >= 0.6 is 12.2 Å². The predicted molar refractivity (Wildman–Crippen MR) is 179 cm³/mol. The number of benzene rings is 3. The average molecular weight is 625 g/mol. The highest BCUT2D eigenvalue weighted by molar-refractivity contribution is 7.80. The van der Waals surface area contributed by atoms with Crippen LogP contribution in [0.25, 0.3) is 22.3 Å². The smallest absolute Gasteiger partial charge is 0.341 e. The topological polar surface area (TPSA) is 55.8 Å². The van der Waals surface area contributed by atoms with E-state index in [4.69, 9.17) is 21.7 Å². The number of carbonyl (C=O) groups is 1. The van der Waals surface area contributed by atoms with Crippen molar-refractivity contribution in [2.75, 3.05) is 6.61 Å². The molecule has 0 spiro atoms. The third-order valence-electron chi connectivity index (χ3n) is 7.79. The maximum atomic E-state index is 15.4. The number of aliphatic hydroxyl groups excluding tert-OH is 1. The van der Waals surface area contributed by atoms with E-state index in [0.717, 1.165) is 44.9 Å². The maximum Gasteiger partial charge on any atom is 0.341 e. The van der Waals surface area contributed by atoms with Gasteiger partial charge in [0.1, 0.15) is 17.4 Å². The van der Waals surface area contributed by atoms with Gasteiger partial charge in [0.15, 0.2) is 5.05 Å². The van der Waals surface area contributed by atoms with Crippen molar-refractivity contribution in [3.05, 3.63) is 77.4 Å². The SMILES string of the molecule is CCCCCCCCCOc1ccc(-c2ccc(C(O)=S)cc2F)c(-c2ccc(C(=O)OC(C)CCCCCC)c(F)c2)c1. The number of hydrogen-bond donors (Lipinski definition) is 1. The number of esters is 1. The van der Waals surface area contributed by atoms with Crippen molar-refractivity contribution in [2.24, 2.45) is 0 Å². The average Bonchev–Trinajstić information content (AvgIpc) is 3.00. The third-order valence-corrected chi connectivity index (χ3v) is 8.02. The van der Waals surface area contributed by atoms with E-state index in [-0.39, 0.29) is 22.8 Å². The van der Waals surface area contributed by atoms with E-state index in [2.05, 4.69) is 13.8 Å². The molecule has 238 valence electrons. The monoisotopic (exact) mass is 624 g/mol. The van der Waals surface area contributed by atoms with Gasteiger partial charge in [-0.3, -0.25) is 0 Å². The van der Waals surface area contributed by atoms with Gasteiger partial charge in [-0.2, -0.15) is 0 Å². The molecule has 1 atom stereocenters. The number of unbranched alkanes of at least 4 members (excludes halogenated alkanes) is 9. The predicted octanol–water partition coefficient (Wildman–Crippen LogP) is 11.2. The molecular weight excluding hydrogens is 578 g/mol. The standard InChI is InChI=1S/C37H46F2O4S/c1-4-6-8-10-11-12-14-22-42-29-18-21-30(31-19-17-28(37(41)44)24-34(31)38)33(25-29)27-16-20-32(35(39)23-27)36(40)43-26(3)15-13-9-7-5-2/h16-21,23-26H,4-15,22H2,1-3H3,(H,41,44). The van der Waals surface area contributed by atoms with Crippen LogP contribution in [0, 0.1) is 11.6 Å². The van der Waals surface area contributed by atoms with Crippen LogP contribution in [0.4, 0.5) is 8.78 Å². The van der Waals surface area contributed by atoms with E-state index in [9.17, 15) is 9.90 Å². The van der Waals surface area contributed by atoms with Crippen LogP contribution in [0.1, 0.15) is 114 Å². The molecular formula is C37H46F2O4S. The van der Waals surface area contributed by atoms with Crippen LogP contribution in [0.5, 0.6) is 5.75 Å². The molecule has 3 aromatic rings. The Morgan fingerprint density at radius 3 is 2.09 bits per heavy atom. The summed E-state index contributed by atoms with van der Waals surface area (Å²) in [4.78, 5) is 12.8. The Bertz CT molecular complexity index is 1370. The molecule has 0 aliphatic carbocycles. The molecule has 0 aromatic heterocycles. The van der Waals surface area contributed by atoms with Crippen LogP contribution in [0.15, 0.2) is 54.6 Å². The van der Waals surface area contributed by atoms with Gasteiger partial charge in [0.25, 0.3) is 0 Å². The molecule has 3 rings (SSSR count). The summed E-state index contributed by atoms with van der Waals surface area (Å²) in [6, 6.07) is 13.9. The zero-order valence-electron chi connectivity index (χ0n) is 26.3. The Labute approximate surface area is 266 Å². The molecule has 4 nitrogen and oxygen atoms in total. The largest absolute Gasteiger partial charge is 0.499 e. The van der Waals surface area contributed by atoms with E-state index < -0.39 is 22.7 Å². The maximum absolute atomic E-state index is 15.4. The number of hydrogen-bond acceptors (Lipinski definition) is 4. The first-order valence-electron chi connectivity index (χ1n) is 16.1. The van der Waals surface area contributed by atoms with Crippen LogP contribution in [0.3, 0.4) is 0 Å². The van der Waals surface area contributed by atoms with E-state index in [1.807, 2.05) is 6.92 Å². The zero-order chi connectivity index (χ0) is 31.9. The van der Waals surface area contributed by atoms with Crippen molar-refractivity contribution in [1.29, 1.82) is 0 Å². The molecule has 0 saturated carbocycles. The highest BCUT2D eigenvalue weighted by Crippen LogP contribution is 2.37. The molecule has 0 radical (unpaired) electrons. The second-order valence-corrected chi connectivity index (χ2v) is 11.8. The molecule has 0 aliphatic heterocycles. The minimum atomic E-state index is -0.715. The first-order valence-corrected chi connectivity index (χ1v) is 16.5. The van der Waals surface area contributed by atoms with E-state index in [1.54, 1.807) is 30.3 Å². The van der Waals surface area contributed by atoms with Gasteiger partial charge in [-0.25, -0.2) is 13.6 Å². The zero-order valence-corrected chi connectivity index (χ0v) is 27.1. The van der Waals surface area contributed by atoms with Gasteiger partial charge in [0.05, 0.1) is 18.3 Å². The van der Waals surface area contributed by atoms with E-state index >= 15 is 8.78 Å². The van der Waals surface area contributed by atoms with Gasteiger partial charge in [0, 0.05) is 11.1 Å². The Morgan fingerprint density at radius 2 is 1.43 bits per heavy atom. The summed E-state index contributed by atoms with van der Waals surface area (Å²) in [6.07, 6.45) is 12.8. The summed E-state index contributed by atoms with van der Waals surface area (Å²) in [7, 11) is 0. The lowest BCUT2D eigenvalue weighted by Crippen LogP contribution is -2.16. The second kappa shape index (κ2) is 18.5. The van der Waals surface area contributed by atoms with Crippen molar-refractivity contribution >= 4 is 23.2 Å². The number of carbonyl (C=O) groups excluding carboxylic acids is 1.